The van der Waals surface area contributed by atoms with E-state index in [0.29, 0.717) is 23.5 Å². The van der Waals surface area contributed by atoms with E-state index in [1.807, 2.05) is 18.2 Å². The first-order chi connectivity index (χ1) is 9.65. The third-order valence-electron chi connectivity index (χ3n) is 4.08. The molecule has 0 spiro atoms. The van der Waals surface area contributed by atoms with Crippen LogP contribution in [0.3, 0.4) is 0 Å². The van der Waals surface area contributed by atoms with Crippen LogP contribution >= 0.6 is 0 Å². The molecule has 2 saturated heterocycles. The zero-order chi connectivity index (χ0) is 14.1. The number of nitrogen functional groups attached to an aromatic ring is 1. The zero-order valence-electron chi connectivity index (χ0n) is 11.8. The lowest BCUT2D eigenvalue weighted by molar-refractivity contribution is -0.0410. The maximum absolute atomic E-state index is 7.53. The second kappa shape index (κ2) is 5.42. The van der Waals surface area contributed by atoms with Crippen LogP contribution < -0.4 is 10.5 Å². The summed E-state index contributed by atoms with van der Waals surface area (Å²) < 4.78 is 11.2. The average molecular weight is 275 g/mol. The number of ether oxygens (including phenoxy) is 2. The molecule has 2 aliphatic rings. The van der Waals surface area contributed by atoms with Crippen molar-refractivity contribution < 1.29 is 9.47 Å². The van der Waals surface area contributed by atoms with Crippen molar-refractivity contribution >= 4 is 5.84 Å². The van der Waals surface area contributed by atoms with Gasteiger partial charge in [-0.3, -0.25) is 10.3 Å². The first kappa shape index (κ1) is 13.4. The van der Waals surface area contributed by atoms with Crippen LogP contribution in [0.15, 0.2) is 18.2 Å². The highest BCUT2D eigenvalue weighted by Gasteiger charge is 2.33. The highest BCUT2D eigenvalue weighted by Crippen LogP contribution is 2.28. The van der Waals surface area contributed by atoms with Crippen LogP contribution in [-0.2, 0) is 11.3 Å². The van der Waals surface area contributed by atoms with E-state index >= 15 is 0 Å². The SMILES string of the molecule is COc1cc(CN2CC3CCC(C2)O3)ccc1C(=N)N. The number of nitrogens with zero attached hydrogens (tertiary/aromatic N) is 1. The maximum atomic E-state index is 7.53. The molecule has 2 aliphatic heterocycles. The second-order valence-electron chi connectivity index (χ2n) is 5.60. The molecule has 1 aromatic carbocycles. The van der Waals surface area contributed by atoms with E-state index in [-0.39, 0.29) is 5.84 Å². The Hall–Kier alpha value is -1.59. The van der Waals surface area contributed by atoms with E-state index in [0.717, 1.165) is 19.6 Å². The molecule has 2 heterocycles. The van der Waals surface area contributed by atoms with Crippen molar-refractivity contribution in [2.24, 2.45) is 5.73 Å². The van der Waals surface area contributed by atoms with Crippen LogP contribution in [0, 0.1) is 5.41 Å². The first-order valence-electron chi connectivity index (χ1n) is 7.05. The molecule has 0 aliphatic carbocycles. The van der Waals surface area contributed by atoms with Gasteiger partial charge in [-0.25, -0.2) is 0 Å². The van der Waals surface area contributed by atoms with Gasteiger partial charge in [-0.15, -0.1) is 0 Å². The summed E-state index contributed by atoms with van der Waals surface area (Å²) in [6.07, 6.45) is 3.20. The van der Waals surface area contributed by atoms with Gasteiger partial charge in [-0.1, -0.05) is 6.07 Å². The van der Waals surface area contributed by atoms with Crippen molar-refractivity contribution in [2.45, 2.75) is 31.6 Å². The standard InChI is InChI=1S/C15H21N3O2/c1-19-14-6-10(2-5-13(14)15(16)17)7-18-8-11-3-4-12(9-18)20-11/h2,5-6,11-12H,3-4,7-9H2,1H3,(H3,16,17). The molecule has 2 fully saturated rings. The molecule has 0 radical (unpaired) electrons. The van der Waals surface area contributed by atoms with E-state index in [9.17, 15) is 0 Å². The Kier molecular flexibility index (Phi) is 3.63. The maximum Gasteiger partial charge on any atom is 0.130 e. The minimum Gasteiger partial charge on any atom is -0.496 e. The molecule has 0 saturated carbocycles. The van der Waals surface area contributed by atoms with Crippen molar-refractivity contribution in [1.82, 2.24) is 4.90 Å². The molecule has 3 N–H and O–H groups in total. The summed E-state index contributed by atoms with van der Waals surface area (Å²) >= 11 is 0. The second-order valence-corrected chi connectivity index (χ2v) is 5.60. The summed E-state index contributed by atoms with van der Waals surface area (Å²) in [5.74, 6) is 0.712. The monoisotopic (exact) mass is 275 g/mol. The number of hydrogen-bond acceptors (Lipinski definition) is 4. The van der Waals surface area contributed by atoms with Crippen molar-refractivity contribution in [2.75, 3.05) is 20.2 Å². The minimum absolute atomic E-state index is 0.0396. The van der Waals surface area contributed by atoms with Gasteiger partial charge in [0.1, 0.15) is 11.6 Å². The lowest BCUT2D eigenvalue weighted by atomic mass is 10.1. The molecular formula is C15H21N3O2. The third-order valence-corrected chi connectivity index (χ3v) is 4.08. The molecule has 1 aromatic rings. The fraction of sp³-hybridized carbons (Fsp3) is 0.533. The van der Waals surface area contributed by atoms with E-state index < -0.39 is 0 Å². The minimum atomic E-state index is 0.0396. The molecular weight excluding hydrogens is 254 g/mol. The van der Waals surface area contributed by atoms with Gasteiger partial charge in [0.05, 0.1) is 24.9 Å². The van der Waals surface area contributed by atoms with Gasteiger partial charge in [-0.2, -0.15) is 0 Å². The summed E-state index contributed by atoms with van der Waals surface area (Å²) in [6, 6.07) is 5.87. The average Bonchev–Trinajstić information content (AvgIpc) is 2.77. The van der Waals surface area contributed by atoms with E-state index in [1.165, 1.54) is 18.4 Å². The van der Waals surface area contributed by atoms with Gasteiger partial charge >= 0.3 is 0 Å². The molecule has 0 aromatic heterocycles. The van der Waals surface area contributed by atoms with Crippen molar-refractivity contribution in [3.8, 4) is 5.75 Å². The molecule has 0 amide bonds. The van der Waals surface area contributed by atoms with Gasteiger partial charge in [0, 0.05) is 19.6 Å². The normalized spacial score (nSPS) is 25.6. The number of amidine groups is 1. The first-order valence-corrected chi connectivity index (χ1v) is 7.05. The Morgan fingerprint density at radius 3 is 2.70 bits per heavy atom. The van der Waals surface area contributed by atoms with Gasteiger partial charge in [0.25, 0.3) is 0 Å². The smallest absolute Gasteiger partial charge is 0.130 e. The molecule has 20 heavy (non-hydrogen) atoms. The molecule has 5 nitrogen and oxygen atoms in total. The molecule has 2 bridgehead atoms. The lowest BCUT2D eigenvalue weighted by Crippen LogP contribution is -2.41. The Morgan fingerprint density at radius 2 is 2.10 bits per heavy atom. The number of fused-ring (bicyclic) bond motifs is 2. The van der Waals surface area contributed by atoms with Gasteiger partial charge in [0.2, 0.25) is 0 Å². The van der Waals surface area contributed by atoms with Crippen LogP contribution in [0.25, 0.3) is 0 Å². The van der Waals surface area contributed by atoms with Gasteiger partial charge in [0.15, 0.2) is 0 Å². The van der Waals surface area contributed by atoms with Crippen LogP contribution in [0.4, 0.5) is 0 Å². The molecule has 5 heteroatoms. The Morgan fingerprint density at radius 1 is 1.40 bits per heavy atom. The van der Waals surface area contributed by atoms with Crippen LogP contribution in [0.2, 0.25) is 0 Å². The molecule has 2 atom stereocenters. The fourth-order valence-corrected chi connectivity index (χ4v) is 3.14. The number of methoxy groups -OCH3 is 1. The zero-order valence-corrected chi connectivity index (χ0v) is 11.8. The van der Waals surface area contributed by atoms with E-state index in [2.05, 4.69) is 4.90 Å². The number of likely N-dealkylation sites (tertiary alicyclic amines) is 1. The highest BCUT2D eigenvalue weighted by molar-refractivity contribution is 5.97. The largest absolute Gasteiger partial charge is 0.496 e. The lowest BCUT2D eigenvalue weighted by Gasteiger charge is -2.32. The predicted molar refractivity (Wildman–Crippen MR) is 77.2 cm³/mol. The van der Waals surface area contributed by atoms with E-state index in [1.54, 1.807) is 7.11 Å². The number of hydrogen-bond donors (Lipinski definition) is 2. The summed E-state index contributed by atoms with van der Waals surface area (Å²) in [6.45, 7) is 2.91. The highest BCUT2D eigenvalue weighted by atomic mass is 16.5. The summed E-state index contributed by atoms with van der Waals surface area (Å²) in [7, 11) is 1.61. The number of nitrogens with one attached hydrogen (secondary N) is 1. The fourth-order valence-electron chi connectivity index (χ4n) is 3.14. The number of benzene rings is 1. The van der Waals surface area contributed by atoms with Crippen molar-refractivity contribution in [3.05, 3.63) is 29.3 Å². The quantitative estimate of drug-likeness (QED) is 0.642. The Labute approximate surface area is 119 Å². The predicted octanol–water partition coefficient (Wildman–Crippen LogP) is 1.34. The van der Waals surface area contributed by atoms with Crippen molar-refractivity contribution in [3.63, 3.8) is 0 Å². The summed E-state index contributed by atoms with van der Waals surface area (Å²) in [4.78, 5) is 2.44. The van der Waals surface area contributed by atoms with Gasteiger partial charge in [-0.05, 0) is 30.5 Å². The van der Waals surface area contributed by atoms with Crippen LogP contribution in [-0.4, -0.2) is 43.1 Å². The molecule has 3 rings (SSSR count). The van der Waals surface area contributed by atoms with Gasteiger partial charge < -0.3 is 15.2 Å². The Bertz CT molecular complexity index is 506. The van der Waals surface area contributed by atoms with Crippen LogP contribution in [0.5, 0.6) is 5.75 Å². The number of nitrogens with two attached hydrogens (primary N) is 1. The summed E-state index contributed by atoms with van der Waals surface area (Å²) in [5.41, 5.74) is 7.38. The van der Waals surface area contributed by atoms with Crippen molar-refractivity contribution in [1.29, 1.82) is 5.41 Å². The Balaban J connectivity index is 1.73. The number of rotatable bonds is 4. The summed E-state index contributed by atoms with van der Waals surface area (Å²) in [5, 5.41) is 7.53. The van der Waals surface area contributed by atoms with Crippen LogP contribution in [0.1, 0.15) is 24.0 Å². The third kappa shape index (κ3) is 2.64. The molecule has 108 valence electrons. The number of morpholine rings is 1. The molecule has 2 unspecified atom stereocenters. The van der Waals surface area contributed by atoms with E-state index in [4.69, 9.17) is 20.6 Å². The topological polar surface area (TPSA) is 71.6 Å².